The molecular formula is C19H22F3NO. The molecule has 3 rings (SSSR count). The predicted octanol–water partition coefficient (Wildman–Crippen LogP) is 4.77. The van der Waals surface area contributed by atoms with Crippen molar-refractivity contribution in [3.05, 3.63) is 47.2 Å². The highest BCUT2D eigenvalue weighted by atomic mass is 19.4. The lowest BCUT2D eigenvalue weighted by atomic mass is 9.75. The first-order valence-corrected chi connectivity index (χ1v) is 8.56. The van der Waals surface area contributed by atoms with E-state index in [2.05, 4.69) is 11.8 Å². The molecule has 1 aliphatic heterocycles. The van der Waals surface area contributed by atoms with E-state index in [-0.39, 0.29) is 17.6 Å². The van der Waals surface area contributed by atoms with Gasteiger partial charge < -0.3 is 4.90 Å². The van der Waals surface area contributed by atoms with E-state index in [9.17, 15) is 18.0 Å². The maximum atomic E-state index is 12.8. The molecule has 1 aliphatic carbocycles. The number of hydrogen-bond donors (Lipinski definition) is 0. The van der Waals surface area contributed by atoms with Crippen LogP contribution in [-0.2, 0) is 11.0 Å². The zero-order valence-electron chi connectivity index (χ0n) is 13.8. The maximum absolute atomic E-state index is 12.8. The van der Waals surface area contributed by atoms with E-state index in [4.69, 9.17) is 0 Å². The Balaban J connectivity index is 1.89. The molecule has 0 bridgehead atoms. The van der Waals surface area contributed by atoms with Crippen LogP contribution in [0.4, 0.5) is 13.2 Å². The average molecular weight is 337 g/mol. The van der Waals surface area contributed by atoms with Crippen molar-refractivity contribution in [2.75, 3.05) is 13.1 Å². The lowest BCUT2D eigenvalue weighted by Crippen LogP contribution is -2.32. The number of nitrogens with zero attached hydrogens (tertiary/aromatic N) is 1. The van der Waals surface area contributed by atoms with Gasteiger partial charge in [0, 0.05) is 37.2 Å². The van der Waals surface area contributed by atoms with Gasteiger partial charge in [0.2, 0.25) is 0 Å². The van der Waals surface area contributed by atoms with Gasteiger partial charge >= 0.3 is 6.18 Å². The minimum atomic E-state index is -4.33. The average Bonchev–Trinajstić information content (AvgIpc) is 3.07. The van der Waals surface area contributed by atoms with Crippen molar-refractivity contribution in [3.8, 4) is 0 Å². The van der Waals surface area contributed by atoms with Gasteiger partial charge in [-0.25, -0.2) is 0 Å². The number of likely N-dealkylation sites (tertiary alicyclic amines) is 1. The van der Waals surface area contributed by atoms with Crippen molar-refractivity contribution in [3.63, 3.8) is 0 Å². The van der Waals surface area contributed by atoms with Crippen molar-refractivity contribution in [1.82, 2.24) is 4.90 Å². The first-order valence-electron chi connectivity index (χ1n) is 8.56. The molecule has 0 N–H and O–H groups in total. The summed E-state index contributed by atoms with van der Waals surface area (Å²) in [5.41, 5.74) is 1.26. The van der Waals surface area contributed by atoms with Crippen LogP contribution in [0.25, 0.3) is 0 Å². The van der Waals surface area contributed by atoms with Gasteiger partial charge in [-0.05, 0) is 42.9 Å². The fourth-order valence-electron chi connectivity index (χ4n) is 3.96. The van der Waals surface area contributed by atoms with Crippen LogP contribution in [0.1, 0.15) is 49.7 Å². The minimum Gasteiger partial charge on any atom is -0.374 e. The Morgan fingerprint density at radius 3 is 2.29 bits per heavy atom. The quantitative estimate of drug-likeness (QED) is 0.792. The fourth-order valence-corrected chi connectivity index (χ4v) is 3.96. The summed E-state index contributed by atoms with van der Waals surface area (Å²) in [6.45, 7) is 4.02. The van der Waals surface area contributed by atoms with Crippen LogP contribution < -0.4 is 0 Å². The topological polar surface area (TPSA) is 20.3 Å². The Morgan fingerprint density at radius 1 is 1.12 bits per heavy atom. The van der Waals surface area contributed by atoms with Crippen LogP contribution in [0.3, 0.4) is 0 Å². The van der Waals surface area contributed by atoms with E-state index < -0.39 is 11.7 Å². The lowest BCUT2D eigenvalue weighted by Gasteiger charge is -2.36. The summed E-state index contributed by atoms with van der Waals surface area (Å²) in [5, 5.41) is 0. The number of carbonyl (C=O) groups excluding carboxylic acids is 1. The number of benzene rings is 1. The van der Waals surface area contributed by atoms with Crippen molar-refractivity contribution >= 4 is 5.78 Å². The van der Waals surface area contributed by atoms with E-state index >= 15 is 0 Å². The standard InChI is InChI=1S/C19H22F3NO/c1-2-16-17(13-5-7-14(8-6-13)19(20,21)22)11-15(24)12-18(16)23-9-3-4-10-23/h5-8,12,16-17H,2-4,9-11H2,1H3. The molecule has 2 atom stereocenters. The molecule has 2 aliphatic rings. The van der Waals surface area contributed by atoms with Gasteiger partial charge in [0.05, 0.1) is 5.56 Å². The summed E-state index contributed by atoms with van der Waals surface area (Å²) < 4.78 is 38.3. The molecule has 1 aromatic carbocycles. The zero-order chi connectivity index (χ0) is 17.3. The number of allylic oxidation sites excluding steroid dienone is 2. The Labute approximate surface area is 140 Å². The number of hydrogen-bond acceptors (Lipinski definition) is 2. The molecule has 1 heterocycles. The summed E-state index contributed by atoms with van der Waals surface area (Å²) in [6, 6.07) is 5.33. The number of carbonyl (C=O) groups is 1. The summed E-state index contributed by atoms with van der Waals surface area (Å²) >= 11 is 0. The molecule has 2 nitrogen and oxygen atoms in total. The highest BCUT2D eigenvalue weighted by Crippen LogP contribution is 2.41. The van der Waals surface area contributed by atoms with Crippen molar-refractivity contribution in [2.45, 2.75) is 44.7 Å². The second-order valence-electron chi connectivity index (χ2n) is 6.67. The molecule has 5 heteroatoms. The van der Waals surface area contributed by atoms with Crippen LogP contribution in [0, 0.1) is 5.92 Å². The fraction of sp³-hybridized carbons (Fsp3) is 0.526. The van der Waals surface area contributed by atoms with E-state index in [1.54, 1.807) is 6.08 Å². The predicted molar refractivity (Wildman–Crippen MR) is 86.5 cm³/mol. The summed E-state index contributed by atoms with van der Waals surface area (Å²) in [7, 11) is 0. The van der Waals surface area contributed by atoms with Crippen LogP contribution in [0.2, 0.25) is 0 Å². The molecule has 0 saturated carbocycles. The molecule has 0 amide bonds. The molecule has 1 saturated heterocycles. The SMILES string of the molecule is CCC1C(N2CCCC2)=CC(=O)CC1c1ccc(C(F)(F)F)cc1. The van der Waals surface area contributed by atoms with Crippen LogP contribution in [0.15, 0.2) is 36.0 Å². The first-order chi connectivity index (χ1) is 11.4. The molecule has 0 radical (unpaired) electrons. The third-order valence-corrected chi connectivity index (χ3v) is 5.17. The molecular weight excluding hydrogens is 315 g/mol. The van der Waals surface area contributed by atoms with Crippen molar-refractivity contribution in [1.29, 1.82) is 0 Å². The van der Waals surface area contributed by atoms with Crippen molar-refractivity contribution < 1.29 is 18.0 Å². The van der Waals surface area contributed by atoms with Crippen LogP contribution >= 0.6 is 0 Å². The molecule has 1 fully saturated rings. The number of ketones is 1. The smallest absolute Gasteiger partial charge is 0.374 e. The summed E-state index contributed by atoms with van der Waals surface area (Å²) in [6.07, 6.45) is 0.952. The summed E-state index contributed by atoms with van der Waals surface area (Å²) in [5.74, 6) is 0.231. The number of alkyl halides is 3. The molecule has 1 aromatic rings. The van der Waals surface area contributed by atoms with Crippen molar-refractivity contribution in [2.24, 2.45) is 5.92 Å². The third-order valence-electron chi connectivity index (χ3n) is 5.17. The first kappa shape index (κ1) is 17.1. The number of halogens is 3. The molecule has 0 aromatic heterocycles. The van der Waals surface area contributed by atoms with Gasteiger partial charge in [0.25, 0.3) is 0 Å². The summed E-state index contributed by atoms with van der Waals surface area (Å²) in [4.78, 5) is 14.5. The molecule has 130 valence electrons. The number of rotatable bonds is 3. The van der Waals surface area contributed by atoms with E-state index in [1.165, 1.54) is 12.1 Å². The van der Waals surface area contributed by atoms with Crippen LogP contribution in [0.5, 0.6) is 0 Å². The van der Waals surface area contributed by atoms with E-state index in [1.807, 2.05) is 0 Å². The van der Waals surface area contributed by atoms with Crippen LogP contribution in [-0.4, -0.2) is 23.8 Å². The minimum absolute atomic E-state index is 0.0367. The monoisotopic (exact) mass is 337 g/mol. The van der Waals surface area contributed by atoms with Gasteiger partial charge in [-0.2, -0.15) is 13.2 Å². The molecule has 2 unspecified atom stereocenters. The Kier molecular flexibility index (Phi) is 4.70. The Hall–Kier alpha value is -1.78. The molecule has 24 heavy (non-hydrogen) atoms. The molecule has 0 spiro atoms. The Bertz CT molecular complexity index is 627. The highest BCUT2D eigenvalue weighted by molar-refractivity contribution is 5.92. The largest absolute Gasteiger partial charge is 0.416 e. The van der Waals surface area contributed by atoms with Gasteiger partial charge in [-0.1, -0.05) is 19.1 Å². The normalized spacial score (nSPS) is 25.1. The van der Waals surface area contributed by atoms with Gasteiger partial charge in [0.15, 0.2) is 5.78 Å². The van der Waals surface area contributed by atoms with Gasteiger partial charge in [-0.3, -0.25) is 4.79 Å². The lowest BCUT2D eigenvalue weighted by molar-refractivity contribution is -0.137. The second-order valence-corrected chi connectivity index (χ2v) is 6.67. The highest BCUT2D eigenvalue weighted by Gasteiger charge is 2.35. The van der Waals surface area contributed by atoms with Gasteiger partial charge in [-0.15, -0.1) is 0 Å². The maximum Gasteiger partial charge on any atom is 0.416 e. The zero-order valence-corrected chi connectivity index (χ0v) is 13.8. The Morgan fingerprint density at radius 2 is 1.75 bits per heavy atom. The van der Waals surface area contributed by atoms with E-state index in [0.717, 1.165) is 55.7 Å². The second kappa shape index (κ2) is 6.61. The van der Waals surface area contributed by atoms with E-state index in [0.29, 0.717) is 6.42 Å². The van der Waals surface area contributed by atoms with Gasteiger partial charge in [0.1, 0.15) is 0 Å². The third kappa shape index (κ3) is 3.35.